The third kappa shape index (κ3) is 3.78. The number of nitrogen functional groups attached to an aromatic ring is 1. The van der Waals surface area contributed by atoms with Gasteiger partial charge >= 0.3 is 6.09 Å². The van der Waals surface area contributed by atoms with Crippen LogP contribution >= 0.6 is 0 Å². The highest BCUT2D eigenvalue weighted by Gasteiger charge is 2.48. The molecule has 3 heterocycles. The highest BCUT2D eigenvalue weighted by molar-refractivity contribution is 5.81. The Morgan fingerprint density at radius 2 is 2.30 bits per heavy atom. The number of aromatic nitrogens is 4. The number of rotatable bonds is 7. The molecule has 0 spiro atoms. The van der Waals surface area contributed by atoms with E-state index in [0.717, 1.165) is 0 Å². The van der Waals surface area contributed by atoms with Crippen LogP contribution in [0.5, 0.6) is 0 Å². The lowest BCUT2D eigenvalue weighted by Crippen LogP contribution is -2.44. The van der Waals surface area contributed by atoms with E-state index in [1.165, 1.54) is 12.7 Å². The Kier molecular flexibility index (Phi) is 5.70. The van der Waals surface area contributed by atoms with Crippen LogP contribution < -0.4 is 16.8 Å². The molecule has 1 aliphatic rings. The number of nitrogens with two attached hydrogens (primary N) is 2. The molecule has 12 nitrogen and oxygen atoms in total. The molecule has 1 aliphatic heterocycles. The van der Waals surface area contributed by atoms with Gasteiger partial charge in [-0.1, -0.05) is 0 Å². The van der Waals surface area contributed by atoms with Crippen molar-refractivity contribution >= 4 is 23.1 Å². The van der Waals surface area contributed by atoms with Gasteiger partial charge in [-0.15, -0.1) is 0 Å². The number of anilines is 1. The summed E-state index contributed by atoms with van der Waals surface area (Å²) in [7, 11) is 0. The van der Waals surface area contributed by atoms with E-state index in [4.69, 9.17) is 20.9 Å². The maximum atomic E-state index is 11.5. The summed E-state index contributed by atoms with van der Waals surface area (Å²) in [6.07, 6.45) is 0.921. The summed E-state index contributed by atoms with van der Waals surface area (Å²) in [5, 5.41) is 22.8. The Bertz CT molecular complexity index is 800. The second-order valence-electron chi connectivity index (χ2n) is 6.23. The van der Waals surface area contributed by atoms with Crippen molar-refractivity contribution in [3.63, 3.8) is 0 Å². The summed E-state index contributed by atoms with van der Waals surface area (Å²) < 4.78 is 12.6. The Hall–Kier alpha value is -2.54. The molecule has 0 unspecified atom stereocenters. The van der Waals surface area contributed by atoms with Crippen LogP contribution in [-0.4, -0.2) is 73.8 Å². The number of fused-ring (bicyclic) bond motifs is 1. The van der Waals surface area contributed by atoms with Gasteiger partial charge in [0.25, 0.3) is 0 Å². The predicted octanol–water partition coefficient (Wildman–Crippen LogP) is -1.51. The lowest BCUT2D eigenvalue weighted by molar-refractivity contribution is -0.135. The number of ether oxygens (including phenoxy) is 2. The summed E-state index contributed by atoms with van der Waals surface area (Å²) in [5.74, 6) is 0.239. The highest BCUT2D eigenvalue weighted by Crippen LogP contribution is 2.40. The van der Waals surface area contributed by atoms with Crippen molar-refractivity contribution in [1.82, 2.24) is 24.8 Å². The zero-order valence-electron chi connectivity index (χ0n) is 14.6. The van der Waals surface area contributed by atoms with Crippen molar-refractivity contribution in [2.24, 2.45) is 5.73 Å². The highest BCUT2D eigenvalue weighted by atomic mass is 16.6. The number of hydrogen-bond acceptors (Lipinski definition) is 10. The molecule has 2 aromatic heterocycles. The fourth-order valence-electron chi connectivity index (χ4n) is 3.04. The molecule has 0 aliphatic carbocycles. The van der Waals surface area contributed by atoms with Crippen molar-refractivity contribution in [2.75, 3.05) is 32.0 Å². The minimum absolute atomic E-state index is 0.0411. The minimum atomic E-state index is -1.27. The van der Waals surface area contributed by atoms with E-state index in [1.54, 1.807) is 4.57 Å². The summed E-state index contributed by atoms with van der Waals surface area (Å²) in [6, 6.07) is 0. The van der Waals surface area contributed by atoms with Gasteiger partial charge in [-0.3, -0.25) is 4.57 Å². The number of amides is 1. The van der Waals surface area contributed by atoms with E-state index < -0.39 is 30.6 Å². The third-order valence-corrected chi connectivity index (χ3v) is 4.54. The Morgan fingerprint density at radius 3 is 3.04 bits per heavy atom. The first-order valence-electron chi connectivity index (χ1n) is 8.51. The van der Waals surface area contributed by atoms with Gasteiger partial charge in [-0.05, 0) is 0 Å². The number of imidazole rings is 1. The first-order valence-corrected chi connectivity index (χ1v) is 8.51. The molecule has 0 bridgehead atoms. The minimum Gasteiger partial charge on any atom is -0.449 e. The van der Waals surface area contributed by atoms with E-state index in [2.05, 4.69) is 20.3 Å². The normalized spacial score (nSPS) is 25.0. The van der Waals surface area contributed by atoms with Crippen LogP contribution in [0.25, 0.3) is 11.2 Å². The molecule has 1 amide bonds. The molecular formula is C15H23N7O5. The number of nitrogens with zero attached hydrogens (tertiary/aromatic N) is 4. The van der Waals surface area contributed by atoms with E-state index in [1.807, 2.05) is 0 Å². The van der Waals surface area contributed by atoms with Crippen molar-refractivity contribution in [3.05, 3.63) is 12.7 Å². The van der Waals surface area contributed by atoms with Crippen LogP contribution in [0, 0.1) is 0 Å². The number of carbonyl (C=O) groups is 1. The van der Waals surface area contributed by atoms with Crippen molar-refractivity contribution in [3.8, 4) is 0 Å². The van der Waals surface area contributed by atoms with E-state index in [-0.39, 0.29) is 25.3 Å². The van der Waals surface area contributed by atoms with Gasteiger partial charge in [0.2, 0.25) is 0 Å². The Labute approximate surface area is 154 Å². The molecule has 7 N–H and O–H groups in total. The molecule has 0 saturated carbocycles. The lowest BCUT2D eigenvalue weighted by Gasteiger charge is -2.29. The van der Waals surface area contributed by atoms with Crippen molar-refractivity contribution in [2.45, 2.75) is 30.8 Å². The largest absolute Gasteiger partial charge is 0.449 e. The van der Waals surface area contributed by atoms with Gasteiger partial charge < -0.3 is 36.5 Å². The average Bonchev–Trinajstić information content (AvgIpc) is 3.23. The quantitative estimate of drug-likeness (QED) is 0.378. The van der Waals surface area contributed by atoms with Crippen LogP contribution in [0.2, 0.25) is 0 Å². The first kappa shape index (κ1) is 19.2. The van der Waals surface area contributed by atoms with Crippen molar-refractivity contribution < 1.29 is 24.5 Å². The molecule has 1 fully saturated rings. The number of aliphatic hydroxyl groups is 2. The van der Waals surface area contributed by atoms with Gasteiger partial charge in [0, 0.05) is 25.9 Å². The molecule has 27 heavy (non-hydrogen) atoms. The summed E-state index contributed by atoms with van der Waals surface area (Å²) in [5.41, 5.74) is 10.7. The molecule has 3 rings (SSSR count). The van der Waals surface area contributed by atoms with Crippen LogP contribution in [-0.2, 0) is 9.47 Å². The maximum absolute atomic E-state index is 11.5. The Balaban J connectivity index is 1.69. The summed E-state index contributed by atoms with van der Waals surface area (Å²) in [6.45, 7) is 0.110. The number of nitrogens with one attached hydrogen (secondary N) is 1. The molecule has 12 heteroatoms. The fourth-order valence-corrected chi connectivity index (χ4v) is 3.04. The van der Waals surface area contributed by atoms with Crippen LogP contribution in [0.3, 0.4) is 0 Å². The monoisotopic (exact) mass is 381 g/mol. The number of hydrogen-bond donors (Lipinski definition) is 5. The maximum Gasteiger partial charge on any atom is 0.407 e. The number of carbonyl (C=O) groups excluding carboxylic acids is 1. The summed E-state index contributed by atoms with van der Waals surface area (Å²) >= 11 is 0. The molecule has 2 aromatic rings. The van der Waals surface area contributed by atoms with Gasteiger partial charge in [-0.25, -0.2) is 19.7 Å². The van der Waals surface area contributed by atoms with E-state index >= 15 is 0 Å². The lowest BCUT2D eigenvalue weighted by atomic mass is 9.94. The molecule has 1 saturated heterocycles. The number of alkyl carbamates (subject to hydrolysis) is 1. The molecule has 148 valence electrons. The summed E-state index contributed by atoms with van der Waals surface area (Å²) in [4.78, 5) is 23.7. The standard InChI is InChI=1S/C15H23N7O5/c16-2-3-18-14(25)26-4-1-15(6-23)9(24)5-10(27-15)22-8-21-11-12(17)19-7-20-13(11)22/h7-10,23-24H,1-6,16H2,(H,18,25)(H2,17,19,20)/t9-,10+,15+/m0/s1. The molecule has 3 atom stereocenters. The van der Waals surface area contributed by atoms with Crippen molar-refractivity contribution in [1.29, 1.82) is 0 Å². The zero-order valence-corrected chi connectivity index (χ0v) is 14.6. The Morgan fingerprint density at radius 1 is 1.48 bits per heavy atom. The topological polar surface area (TPSA) is 184 Å². The van der Waals surface area contributed by atoms with Crippen LogP contribution in [0.4, 0.5) is 10.6 Å². The van der Waals surface area contributed by atoms with Gasteiger partial charge in [0.05, 0.1) is 25.6 Å². The zero-order chi connectivity index (χ0) is 19.4. The SMILES string of the molecule is NCCNC(=O)OCC[C@]1(CO)O[C@@H](n2cnc3c(N)ncnc32)C[C@@H]1O. The molecule has 0 aromatic carbocycles. The second-order valence-corrected chi connectivity index (χ2v) is 6.23. The fraction of sp³-hybridized carbons (Fsp3) is 0.600. The van der Waals surface area contributed by atoms with Gasteiger partial charge in [-0.2, -0.15) is 0 Å². The predicted molar refractivity (Wildman–Crippen MR) is 93.3 cm³/mol. The molecular weight excluding hydrogens is 358 g/mol. The van der Waals surface area contributed by atoms with E-state index in [0.29, 0.717) is 24.3 Å². The van der Waals surface area contributed by atoms with E-state index in [9.17, 15) is 15.0 Å². The number of aliphatic hydroxyl groups excluding tert-OH is 2. The van der Waals surface area contributed by atoms with Crippen LogP contribution in [0.15, 0.2) is 12.7 Å². The average molecular weight is 381 g/mol. The molecule has 0 radical (unpaired) electrons. The van der Waals surface area contributed by atoms with Gasteiger partial charge in [0.1, 0.15) is 23.7 Å². The smallest absolute Gasteiger partial charge is 0.407 e. The second kappa shape index (κ2) is 8.00. The van der Waals surface area contributed by atoms with Crippen LogP contribution in [0.1, 0.15) is 19.1 Å². The first-order chi connectivity index (χ1) is 13.0. The van der Waals surface area contributed by atoms with Gasteiger partial charge in [0.15, 0.2) is 11.5 Å². The third-order valence-electron chi connectivity index (χ3n) is 4.54.